The second-order valence-electron chi connectivity index (χ2n) is 5.09. The van der Waals surface area contributed by atoms with Crippen molar-refractivity contribution in [1.29, 1.82) is 0 Å². The molecular formula is C12H22O. The average molecular weight is 182 g/mol. The van der Waals surface area contributed by atoms with E-state index in [4.69, 9.17) is 0 Å². The Morgan fingerprint density at radius 2 is 1.54 bits per heavy atom. The van der Waals surface area contributed by atoms with Crippen molar-refractivity contribution in [2.45, 2.75) is 58.0 Å². The van der Waals surface area contributed by atoms with Gasteiger partial charge < -0.3 is 5.11 Å². The molecule has 1 heteroatoms. The quantitative estimate of drug-likeness (QED) is 0.711. The van der Waals surface area contributed by atoms with E-state index in [-0.39, 0.29) is 6.10 Å². The second-order valence-corrected chi connectivity index (χ2v) is 5.09. The molecule has 2 atom stereocenters. The minimum absolute atomic E-state index is 0.00722. The third-order valence-corrected chi connectivity index (χ3v) is 4.04. The first-order valence-corrected chi connectivity index (χ1v) is 5.97. The van der Waals surface area contributed by atoms with Crippen molar-refractivity contribution in [3.05, 3.63) is 0 Å². The van der Waals surface area contributed by atoms with Crippen molar-refractivity contribution >= 4 is 0 Å². The van der Waals surface area contributed by atoms with Crippen molar-refractivity contribution in [3.8, 4) is 0 Å². The van der Waals surface area contributed by atoms with Gasteiger partial charge in [-0.25, -0.2) is 0 Å². The van der Waals surface area contributed by atoms with E-state index in [0.29, 0.717) is 11.8 Å². The fourth-order valence-electron chi connectivity index (χ4n) is 2.81. The van der Waals surface area contributed by atoms with Crippen LogP contribution in [0.15, 0.2) is 0 Å². The third kappa shape index (κ3) is 2.25. The van der Waals surface area contributed by atoms with Gasteiger partial charge in [0.1, 0.15) is 0 Å². The zero-order chi connectivity index (χ0) is 9.26. The molecule has 0 saturated heterocycles. The summed E-state index contributed by atoms with van der Waals surface area (Å²) in [7, 11) is 0. The van der Waals surface area contributed by atoms with Crippen LogP contribution in [0, 0.1) is 17.8 Å². The fourth-order valence-corrected chi connectivity index (χ4v) is 2.81. The highest BCUT2D eigenvalue weighted by Gasteiger charge is 2.36. The van der Waals surface area contributed by atoms with Crippen LogP contribution < -0.4 is 0 Å². The molecule has 0 amide bonds. The van der Waals surface area contributed by atoms with E-state index in [1.54, 1.807) is 0 Å². The molecule has 0 aliphatic heterocycles. The van der Waals surface area contributed by atoms with Crippen molar-refractivity contribution in [3.63, 3.8) is 0 Å². The van der Waals surface area contributed by atoms with Crippen molar-refractivity contribution in [2.24, 2.45) is 17.8 Å². The molecule has 0 radical (unpaired) electrons. The Bertz CT molecular complexity index is 157. The van der Waals surface area contributed by atoms with Gasteiger partial charge >= 0.3 is 0 Å². The first kappa shape index (κ1) is 9.51. The topological polar surface area (TPSA) is 20.2 Å². The van der Waals surface area contributed by atoms with Gasteiger partial charge in [0.15, 0.2) is 0 Å². The van der Waals surface area contributed by atoms with Crippen LogP contribution in [0.1, 0.15) is 51.9 Å². The van der Waals surface area contributed by atoms with Crippen LogP contribution in [-0.2, 0) is 0 Å². The lowest BCUT2D eigenvalue weighted by Gasteiger charge is -2.30. The maximum Gasteiger partial charge on any atom is 0.0596 e. The van der Waals surface area contributed by atoms with E-state index in [0.717, 1.165) is 5.92 Å². The molecule has 0 unspecified atom stereocenters. The SMILES string of the molecule is C[C@H](C1CC1)[C@H](O)C1CCCCC1. The van der Waals surface area contributed by atoms with Crippen LogP contribution in [0.4, 0.5) is 0 Å². The van der Waals surface area contributed by atoms with Gasteiger partial charge in [-0.1, -0.05) is 26.2 Å². The van der Waals surface area contributed by atoms with Crippen LogP contribution in [-0.4, -0.2) is 11.2 Å². The summed E-state index contributed by atoms with van der Waals surface area (Å²) in [6, 6.07) is 0. The van der Waals surface area contributed by atoms with E-state index in [2.05, 4.69) is 6.92 Å². The van der Waals surface area contributed by atoms with Crippen LogP contribution in [0.5, 0.6) is 0 Å². The molecule has 1 nitrogen and oxygen atoms in total. The molecule has 0 aromatic heterocycles. The zero-order valence-corrected chi connectivity index (χ0v) is 8.71. The zero-order valence-electron chi connectivity index (χ0n) is 8.71. The second kappa shape index (κ2) is 4.00. The Morgan fingerprint density at radius 1 is 0.923 bits per heavy atom. The minimum Gasteiger partial charge on any atom is -0.393 e. The van der Waals surface area contributed by atoms with E-state index in [1.165, 1.54) is 44.9 Å². The summed E-state index contributed by atoms with van der Waals surface area (Å²) >= 11 is 0. The normalized spacial score (nSPS) is 30.0. The monoisotopic (exact) mass is 182 g/mol. The standard InChI is InChI=1S/C12H22O/c1-9(10-7-8-10)12(13)11-5-3-2-4-6-11/h9-13H,2-8H2,1H3/t9-,12+/m1/s1. The molecule has 0 aromatic rings. The number of aliphatic hydroxyl groups is 1. The highest BCUT2D eigenvalue weighted by molar-refractivity contribution is 4.86. The number of rotatable bonds is 3. The molecule has 13 heavy (non-hydrogen) atoms. The summed E-state index contributed by atoms with van der Waals surface area (Å²) in [6.45, 7) is 2.25. The molecule has 2 saturated carbocycles. The molecule has 0 heterocycles. The van der Waals surface area contributed by atoms with Gasteiger partial charge in [-0.15, -0.1) is 0 Å². The molecule has 2 aliphatic carbocycles. The fraction of sp³-hybridized carbons (Fsp3) is 1.00. The van der Waals surface area contributed by atoms with Crippen LogP contribution in [0.2, 0.25) is 0 Å². The molecular weight excluding hydrogens is 160 g/mol. The first-order valence-electron chi connectivity index (χ1n) is 5.97. The number of hydrogen-bond acceptors (Lipinski definition) is 1. The predicted molar refractivity (Wildman–Crippen MR) is 54.5 cm³/mol. The van der Waals surface area contributed by atoms with Gasteiger partial charge in [-0.3, -0.25) is 0 Å². The van der Waals surface area contributed by atoms with Gasteiger partial charge in [0.2, 0.25) is 0 Å². The van der Waals surface area contributed by atoms with Gasteiger partial charge in [0.05, 0.1) is 6.10 Å². The summed E-state index contributed by atoms with van der Waals surface area (Å²) < 4.78 is 0. The molecule has 2 rings (SSSR count). The van der Waals surface area contributed by atoms with Crippen LogP contribution >= 0.6 is 0 Å². The smallest absolute Gasteiger partial charge is 0.0596 e. The van der Waals surface area contributed by atoms with Crippen LogP contribution in [0.25, 0.3) is 0 Å². The maximum atomic E-state index is 10.2. The summed E-state index contributed by atoms with van der Waals surface area (Å²) in [4.78, 5) is 0. The third-order valence-electron chi connectivity index (χ3n) is 4.04. The van der Waals surface area contributed by atoms with E-state index >= 15 is 0 Å². The van der Waals surface area contributed by atoms with E-state index < -0.39 is 0 Å². The first-order chi connectivity index (χ1) is 6.29. The van der Waals surface area contributed by atoms with Gasteiger partial charge in [0.25, 0.3) is 0 Å². The Hall–Kier alpha value is -0.0400. The Morgan fingerprint density at radius 3 is 2.08 bits per heavy atom. The number of hydrogen-bond donors (Lipinski definition) is 1. The molecule has 1 N–H and O–H groups in total. The minimum atomic E-state index is 0.00722. The van der Waals surface area contributed by atoms with Crippen molar-refractivity contribution < 1.29 is 5.11 Å². The van der Waals surface area contributed by atoms with E-state index in [9.17, 15) is 5.11 Å². The van der Waals surface area contributed by atoms with E-state index in [1.807, 2.05) is 0 Å². The summed E-state index contributed by atoms with van der Waals surface area (Å²) in [5.41, 5.74) is 0. The Labute approximate surface area is 81.5 Å². The van der Waals surface area contributed by atoms with Crippen molar-refractivity contribution in [2.75, 3.05) is 0 Å². The van der Waals surface area contributed by atoms with Gasteiger partial charge in [-0.05, 0) is 43.4 Å². The molecule has 0 spiro atoms. The summed E-state index contributed by atoms with van der Waals surface area (Å²) in [5, 5.41) is 10.2. The lowest BCUT2D eigenvalue weighted by Crippen LogP contribution is -2.30. The Kier molecular flexibility index (Phi) is 2.92. The predicted octanol–water partition coefficient (Wildman–Crippen LogP) is 2.97. The largest absolute Gasteiger partial charge is 0.393 e. The van der Waals surface area contributed by atoms with Crippen LogP contribution in [0.3, 0.4) is 0 Å². The molecule has 0 aromatic carbocycles. The highest BCUT2D eigenvalue weighted by Crippen LogP contribution is 2.41. The highest BCUT2D eigenvalue weighted by atomic mass is 16.3. The molecule has 76 valence electrons. The maximum absolute atomic E-state index is 10.2. The summed E-state index contributed by atoms with van der Waals surface area (Å²) in [5.74, 6) is 2.06. The van der Waals surface area contributed by atoms with Gasteiger partial charge in [0, 0.05) is 0 Å². The van der Waals surface area contributed by atoms with Gasteiger partial charge in [-0.2, -0.15) is 0 Å². The summed E-state index contributed by atoms with van der Waals surface area (Å²) in [6.07, 6.45) is 9.37. The Balaban J connectivity index is 1.82. The molecule has 2 aliphatic rings. The molecule has 2 fully saturated rings. The van der Waals surface area contributed by atoms with Crippen molar-refractivity contribution in [1.82, 2.24) is 0 Å². The lowest BCUT2D eigenvalue weighted by molar-refractivity contribution is 0.0317. The average Bonchev–Trinajstić information content (AvgIpc) is 3.00. The number of aliphatic hydroxyl groups excluding tert-OH is 1. The lowest BCUT2D eigenvalue weighted by atomic mass is 9.79. The molecule has 0 bridgehead atoms.